The fourth-order valence-corrected chi connectivity index (χ4v) is 2.02. The first-order valence-corrected chi connectivity index (χ1v) is 6.46. The van der Waals surface area contributed by atoms with Gasteiger partial charge in [-0.3, -0.25) is 4.79 Å². The maximum Gasteiger partial charge on any atom is 0.222 e. The minimum absolute atomic E-state index is 0.286. The molecule has 0 aliphatic carbocycles. The van der Waals surface area contributed by atoms with Gasteiger partial charge >= 0.3 is 0 Å². The van der Waals surface area contributed by atoms with Gasteiger partial charge in [-0.15, -0.1) is 0 Å². The molecular formula is C10H20N2OS. The van der Waals surface area contributed by atoms with Crippen LogP contribution < -0.4 is 5.73 Å². The van der Waals surface area contributed by atoms with Crippen LogP contribution in [0.5, 0.6) is 0 Å². The lowest BCUT2D eigenvalue weighted by Gasteiger charge is -2.18. The molecule has 1 aliphatic rings. The van der Waals surface area contributed by atoms with E-state index in [1.165, 1.54) is 0 Å². The molecule has 2 N–H and O–H groups in total. The largest absolute Gasteiger partial charge is 0.342 e. The zero-order valence-corrected chi connectivity index (χ0v) is 9.85. The van der Waals surface area contributed by atoms with Crippen molar-refractivity contribution in [1.29, 1.82) is 0 Å². The molecule has 0 bridgehead atoms. The van der Waals surface area contributed by atoms with Gasteiger partial charge in [0, 0.05) is 24.8 Å². The smallest absolute Gasteiger partial charge is 0.222 e. The first-order valence-electron chi connectivity index (χ1n) is 5.18. The van der Waals surface area contributed by atoms with Crippen molar-refractivity contribution in [3.05, 3.63) is 0 Å². The maximum absolute atomic E-state index is 11.5. The van der Waals surface area contributed by atoms with Crippen LogP contribution in [0.3, 0.4) is 0 Å². The Labute approximate surface area is 90.4 Å². The quantitative estimate of drug-likeness (QED) is 0.744. The van der Waals surface area contributed by atoms with Gasteiger partial charge in [0.1, 0.15) is 0 Å². The molecule has 0 spiro atoms. The summed E-state index contributed by atoms with van der Waals surface area (Å²) in [6, 6.07) is 0. The van der Waals surface area contributed by atoms with Crippen LogP contribution in [-0.4, -0.2) is 41.9 Å². The Hall–Kier alpha value is -0.220. The van der Waals surface area contributed by atoms with Gasteiger partial charge in [0.15, 0.2) is 0 Å². The molecule has 4 heteroatoms. The van der Waals surface area contributed by atoms with Crippen LogP contribution in [0.4, 0.5) is 0 Å². The Morgan fingerprint density at radius 1 is 1.71 bits per heavy atom. The van der Waals surface area contributed by atoms with E-state index in [9.17, 15) is 4.79 Å². The third kappa shape index (κ3) is 3.17. The summed E-state index contributed by atoms with van der Waals surface area (Å²) < 4.78 is 0. The number of carbonyl (C=O) groups excluding carboxylic acids is 1. The van der Waals surface area contributed by atoms with Crippen LogP contribution >= 0.6 is 11.8 Å². The number of amides is 1. The molecule has 0 aromatic rings. The highest BCUT2D eigenvalue weighted by Gasteiger charge is 2.28. The van der Waals surface area contributed by atoms with E-state index in [1.54, 1.807) is 0 Å². The lowest BCUT2D eigenvalue weighted by Crippen LogP contribution is -2.28. The summed E-state index contributed by atoms with van der Waals surface area (Å²) in [6.45, 7) is 4.61. The number of hydrogen-bond donors (Lipinski definition) is 1. The number of hydrogen-bond acceptors (Lipinski definition) is 3. The predicted octanol–water partition coefficient (Wildman–Crippen LogP) is 0.935. The molecule has 0 radical (unpaired) electrons. The van der Waals surface area contributed by atoms with E-state index in [-0.39, 0.29) is 5.91 Å². The van der Waals surface area contributed by atoms with Gasteiger partial charge in [0.2, 0.25) is 5.91 Å². The molecule has 0 aromatic carbocycles. The molecule has 82 valence electrons. The number of carbonyl (C=O) groups is 1. The summed E-state index contributed by atoms with van der Waals surface area (Å²) in [5.41, 5.74) is 5.56. The first kappa shape index (κ1) is 11.9. The highest BCUT2D eigenvalue weighted by molar-refractivity contribution is 7.99. The van der Waals surface area contributed by atoms with Crippen LogP contribution in [-0.2, 0) is 4.79 Å². The fraction of sp³-hybridized carbons (Fsp3) is 0.900. The fourth-order valence-electron chi connectivity index (χ4n) is 1.68. The number of likely N-dealkylation sites (tertiary alicyclic amines) is 1. The lowest BCUT2D eigenvalue weighted by molar-refractivity contribution is -0.127. The Kier molecular flexibility index (Phi) is 4.75. The monoisotopic (exact) mass is 216 g/mol. The van der Waals surface area contributed by atoms with Gasteiger partial charge in [0.05, 0.1) is 0 Å². The molecule has 1 saturated heterocycles. The van der Waals surface area contributed by atoms with Crippen molar-refractivity contribution < 1.29 is 4.79 Å². The van der Waals surface area contributed by atoms with Crippen molar-refractivity contribution in [1.82, 2.24) is 4.90 Å². The van der Waals surface area contributed by atoms with Crippen molar-refractivity contribution in [2.75, 3.05) is 25.9 Å². The third-order valence-corrected chi connectivity index (χ3v) is 3.88. The second kappa shape index (κ2) is 5.61. The van der Waals surface area contributed by atoms with Crippen molar-refractivity contribution >= 4 is 17.7 Å². The second-order valence-corrected chi connectivity index (χ2v) is 5.26. The van der Waals surface area contributed by atoms with Gasteiger partial charge in [-0.1, -0.05) is 6.92 Å². The van der Waals surface area contributed by atoms with Crippen LogP contribution in [0.2, 0.25) is 0 Å². The summed E-state index contributed by atoms with van der Waals surface area (Å²) in [7, 11) is 0. The molecule has 1 heterocycles. The van der Waals surface area contributed by atoms with E-state index in [4.69, 9.17) is 5.73 Å². The normalized spacial score (nSPS) is 24.4. The first-order chi connectivity index (χ1) is 6.67. The summed E-state index contributed by atoms with van der Waals surface area (Å²) in [5, 5.41) is 0.639. The third-order valence-electron chi connectivity index (χ3n) is 2.84. The molecule has 1 aliphatic heterocycles. The number of nitrogens with two attached hydrogens (primary N) is 1. The van der Waals surface area contributed by atoms with Gasteiger partial charge in [0.25, 0.3) is 0 Å². The average Bonchev–Trinajstić information content (AvgIpc) is 2.55. The van der Waals surface area contributed by atoms with E-state index in [0.717, 1.165) is 19.5 Å². The Morgan fingerprint density at radius 2 is 2.43 bits per heavy atom. The molecular weight excluding hydrogens is 196 g/mol. The van der Waals surface area contributed by atoms with E-state index < -0.39 is 0 Å². The SMILES string of the molecule is CSC(C)CCN1CC(CN)CC1=O. The highest BCUT2D eigenvalue weighted by Crippen LogP contribution is 2.18. The standard InChI is InChI=1S/C10H20N2OS/c1-8(14-2)3-4-12-7-9(6-11)5-10(12)13/h8-9H,3-7,11H2,1-2H3. The maximum atomic E-state index is 11.5. The Bertz CT molecular complexity index is 199. The average molecular weight is 216 g/mol. The molecule has 1 fully saturated rings. The van der Waals surface area contributed by atoms with Crippen molar-refractivity contribution in [3.8, 4) is 0 Å². The highest BCUT2D eigenvalue weighted by atomic mass is 32.2. The summed E-state index contributed by atoms with van der Waals surface area (Å²) in [5.74, 6) is 0.681. The molecule has 2 atom stereocenters. The molecule has 3 nitrogen and oxygen atoms in total. The molecule has 0 aromatic heterocycles. The van der Waals surface area contributed by atoms with Crippen molar-refractivity contribution in [3.63, 3.8) is 0 Å². The lowest BCUT2D eigenvalue weighted by atomic mass is 10.1. The Morgan fingerprint density at radius 3 is 2.93 bits per heavy atom. The van der Waals surface area contributed by atoms with Crippen molar-refractivity contribution in [2.45, 2.75) is 25.0 Å². The Balaban J connectivity index is 2.28. The zero-order valence-electron chi connectivity index (χ0n) is 9.03. The minimum atomic E-state index is 0.286. The molecule has 0 saturated carbocycles. The van der Waals surface area contributed by atoms with E-state index in [0.29, 0.717) is 24.1 Å². The van der Waals surface area contributed by atoms with Crippen LogP contribution in [0, 0.1) is 5.92 Å². The van der Waals surface area contributed by atoms with Gasteiger partial charge in [-0.05, 0) is 25.1 Å². The predicted molar refractivity (Wildman–Crippen MR) is 61.3 cm³/mol. The van der Waals surface area contributed by atoms with Gasteiger partial charge < -0.3 is 10.6 Å². The number of rotatable bonds is 5. The second-order valence-electron chi connectivity index (χ2n) is 3.98. The van der Waals surface area contributed by atoms with Crippen LogP contribution in [0.1, 0.15) is 19.8 Å². The minimum Gasteiger partial charge on any atom is -0.342 e. The summed E-state index contributed by atoms with van der Waals surface area (Å²) in [4.78, 5) is 13.5. The van der Waals surface area contributed by atoms with E-state index in [1.807, 2.05) is 16.7 Å². The zero-order chi connectivity index (χ0) is 10.6. The van der Waals surface area contributed by atoms with E-state index >= 15 is 0 Å². The summed E-state index contributed by atoms with van der Waals surface area (Å²) in [6.07, 6.45) is 3.85. The topological polar surface area (TPSA) is 46.3 Å². The molecule has 2 unspecified atom stereocenters. The van der Waals surface area contributed by atoms with Crippen LogP contribution in [0.15, 0.2) is 0 Å². The number of thioether (sulfide) groups is 1. The van der Waals surface area contributed by atoms with Crippen molar-refractivity contribution in [2.24, 2.45) is 11.7 Å². The van der Waals surface area contributed by atoms with Gasteiger partial charge in [-0.25, -0.2) is 0 Å². The number of nitrogens with zero attached hydrogens (tertiary/aromatic N) is 1. The van der Waals surface area contributed by atoms with Gasteiger partial charge in [-0.2, -0.15) is 11.8 Å². The van der Waals surface area contributed by atoms with Crippen LogP contribution in [0.25, 0.3) is 0 Å². The summed E-state index contributed by atoms with van der Waals surface area (Å²) >= 11 is 1.85. The molecule has 1 amide bonds. The van der Waals surface area contributed by atoms with E-state index in [2.05, 4.69) is 13.2 Å². The molecule has 1 rings (SSSR count). The molecule has 14 heavy (non-hydrogen) atoms.